The van der Waals surface area contributed by atoms with E-state index in [2.05, 4.69) is 178 Å². The van der Waals surface area contributed by atoms with Crippen LogP contribution in [0.15, 0.2) is 47.6 Å². The van der Waals surface area contributed by atoms with E-state index in [0.717, 1.165) is 56.5 Å². The van der Waals surface area contributed by atoms with Gasteiger partial charge >= 0.3 is 11.9 Å². The lowest BCUT2D eigenvalue weighted by Crippen LogP contribution is -2.48. The minimum atomic E-state index is -2.10. The number of aliphatic hydroxyl groups excluding tert-OH is 2. The third-order valence-electron chi connectivity index (χ3n) is 27.6. The predicted molar refractivity (Wildman–Crippen MR) is 399 cm³/mol. The van der Waals surface area contributed by atoms with Crippen LogP contribution >= 0.6 is 0 Å². The number of aliphatic hydroxyl groups is 2. The van der Waals surface area contributed by atoms with E-state index in [9.17, 15) is 30.0 Å². The summed E-state index contributed by atoms with van der Waals surface area (Å²) >= 11 is 0. The molecule has 3 saturated heterocycles. The molecular formula is C82H140O13Si2. The fourth-order valence-corrected chi connectivity index (χ4v) is 18.0. The van der Waals surface area contributed by atoms with Crippen LogP contribution in [-0.2, 0) is 42.1 Å². The number of carbonyl (C=O) groups is 2. The Labute approximate surface area is 593 Å². The summed E-state index contributed by atoms with van der Waals surface area (Å²) in [6.07, 6.45) is 19.5. The van der Waals surface area contributed by atoms with Gasteiger partial charge in [0.25, 0.3) is 0 Å². The zero-order chi connectivity index (χ0) is 74.2. The average Bonchev–Trinajstić information content (AvgIpc) is 1.72. The van der Waals surface area contributed by atoms with Gasteiger partial charge in [-0.05, 0) is 188 Å². The first-order valence-corrected chi connectivity index (χ1v) is 42.8. The minimum Gasteiger partial charge on any atom is -0.481 e. The summed E-state index contributed by atoms with van der Waals surface area (Å²) in [7, 11) is -4.14. The van der Waals surface area contributed by atoms with Crippen LogP contribution in [0.2, 0.25) is 36.3 Å². The molecule has 13 nitrogen and oxygen atoms in total. The van der Waals surface area contributed by atoms with Crippen molar-refractivity contribution in [1.82, 2.24) is 0 Å². The second-order valence-electron chi connectivity index (χ2n) is 38.1. The highest BCUT2D eigenvalue weighted by atomic mass is 28.4. The normalized spacial score (nSPS) is 29.2. The second-order valence-corrected chi connectivity index (χ2v) is 47.6. The molecular weight excluding hydrogens is 1250 g/mol. The number of hydrogen-bond acceptors (Lipinski definition) is 11. The van der Waals surface area contributed by atoms with Gasteiger partial charge < -0.3 is 53.0 Å². The van der Waals surface area contributed by atoms with Crippen molar-refractivity contribution >= 4 is 28.6 Å². The van der Waals surface area contributed by atoms with Crippen molar-refractivity contribution in [3.8, 4) is 23.7 Å². The van der Waals surface area contributed by atoms with E-state index < -0.39 is 84.8 Å². The molecule has 0 aromatic rings. The van der Waals surface area contributed by atoms with Gasteiger partial charge in [0.05, 0.1) is 61.7 Å². The van der Waals surface area contributed by atoms with E-state index in [4.69, 9.17) is 32.5 Å². The van der Waals surface area contributed by atoms with Crippen molar-refractivity contribution in [3.63, 3.8) is 0 Å². The van der Waals surface area contributed by atoms with E-state index in [1.54, 1.807) is 13.8 Å². The maximum absolute atomic E-state index is 12.2. The number of hydrogen-bond donors (Lipinski definition) is 4. The van der Waals surface area contributed by atoms with Crippen molar-refractivity contribution in [2.45, 2.75) is 304 Å². The highest BCUT2D eigenvalue weighted by molar-refractivity contribution is 6.74. The number of allylic oxidation sites excluding steroid dienone is 2. The van der Waals surface area contributed by atoms with E-state index in [0.29, 0.717) is 50.6 Å². The Kier molecular flexibility index (Phi) is 26.9. The summed E-state index contributed by atoms with van der Waals surface area (Å²) in [4.78, 5) is 24.2. The monoisotopic (exact) mass is 1390 g/mol. The molecule has 0 amide bonds. The van der Waals surface area contributed by atoms with Gasteiger partial charge in [-0.3, -0.25) is 9.59 Å². The van der Waals surface area contributed by atoms with Gasteiger partial charge in [-0.15, -0.1) is 11.8 Å². The molecule has 0 aromatic carbocycles. The molecule has 7 fully saturated rings. The first-order chi connectivity index (χ1) is 44.0. The number of carboxylic acids is 2. The molecule has 0 bridgehead atoms. The van der Waals surface area contributed by atoms with E-state index >= 15 is 0 Å². The largest absolute Gasteiger partial charge is 0.481 e. The van der Waals surface area contributed by atoms with Gasteiger partial charge in [0, 0.05) is 73.4 Å². The minimum absolute atomic E-state index is 0.0429. The van der Waals surface area contributed by atoms with Crippen molar-refractivity contribution in [2.75, 3.05) is 39.6 Å². The van der Waals surface area contributed by atoms with Crippen LogP contribution in [0, 0.1) is 114 Å². The molecule has 2 spiro atoms. The molecule has 4 N–H and O–H groups in total. The summed E-state index contributed by atoms with van der Waals surface area (Å²) < 4.78 is 45.8. The lowest BCUT2D eigenvalue weighted by atomic mass is 9.54. The van der Waals surface area contributed by atoms with Gasteiger partial charge in [-0.2, -0.15) is 0 Å². The van der Waals surface area contributed by atoms with Crippen LogP contribution in [0.25, 0.3) is 0 Å². The standard InChI is InChI=1S/C45H80O6Si2.C33H52O6.C4H8O/c1-21-24-41(9,10)31(2)36(50-52(17,18)39(3,4)5)23-22-34-35-28-45(27-33(35)25-37(34)51-53(19,20)40(6,7)8)48-29-32(30-49-45)26-42(11,12)44(15,16)43(13,14)38(46)47;1-11-14-29(3,4)21(2)26(34)13-12-24-25-18-33(17-23(25)15-27(24)35)38-19-22(20-39-33)16-30(5,6)32(9,10)31(7,8)28(36)37;1-2-4-5-3-1/h22-23,26,31,33-37H,25,27-30H2,1-20H3,(H,46,47);12-13,16,21,23-27,34-35H,15,17-20H2,1-10H3,(H,36,37);1-4H2/b23-22+,32-26?;13-12+,22-16?;/t31?,33-,34-,35+,36-,37-,45?;21?,23-,24-,25+,26-,27-,33?;/m11./s1. The summed E-state index contributed by atoms with van der Waals surface area (Å²) in [5.41, 5.74) is -2.06. The molecule has 15 heteroatoms. The Hall–Kier alpha value is -2.91. The topological polar surface area (TPSA) is 180 Å². The predicted octanol–water partition coefficient (Wildman–Crippen LogP) is 18.5. The number of ether oxygens (including phenoxy) is 5. The molecule has 2 unspecified atom stereocenters. The molecule has 4 aliphatic carbocycles. The highest BCUT2D eigenvalue weighted by Crippen LogP contribution is 2.60. The van der Waals surface area contributed by atoms with Gasteiger partial charge in [0.2, 0.25) is 0 Å². The Morgan fingerprint density at radius 2 is 0.938 bits per heavy atom. The Bertz CT molecular complexity index is 2920. The molecule has 3 aliphatic heterocycles. The van der Waals surface area contributed by atoms with Gasteiger partial charge in [-0.25, -0.2) is 0 Å². The molecule has 7 aliphatic rings. The fourth-order valence-electron chi connectivity index (χ4n) is 15.4. The molecule has 12 atom stereocenters. The SMILES string of the molecule is C1CCOC1.CC#CC(C)(C)C(C)[C@@H](/C=C/[C@@H]1[C@H]2CC3(C[C@H]2C[C@H]1O[Si](C)(C)C(C)(C)C)OCC(=CC(C)(C)C(C)(C)C(C)(C)C(=O)O)CO3)O[Si](C)(C)C(C)(C)C.CC#CC(C)(C)C(C)[C@H](O)/C=C/[C@@H]1[C@H]2CC3(C[C@H]2C[C@H]1O)OCC(=CC(C)(C)C(C)(C)C(C)(C)C(=O)O)CO3. The van der Waals surface area contributed by atoms with Crippen molar-refractivity contribution in [2.24, 2.45) is 90.7 Å². The van der Waals surface area contributed by atoms with Crippen LogP contribution in [0.1, 0.15) is 231 Å². The van der Waals surface area contributed by atoms with Crippen LogP contribution in [0.5, 0.6) is 0 Å². The van der Waals surface area contributed by atoms with Crippen molar-refractivity contribution < 1.29 is 62.6 Å². The summed E-state index contributed by atoms with van der Waals surface area (Å²) in [5.74, 6) is 11.7. The van der Waals surface area contributed by atoms with Crippen LogP contribution < -0.4 is 0 Å². The van der Waals surface area contributed by atoms with Crippen LogP contribution in [-0.4, -0.2) is 125 Å². The lowest BCUT2D eigenvalue weighted by Gasteiger charge is -2.49. The van der Waals surface area contributed by atoms with E-state index in [-0.39, 0.29) is 62.7 Å². The molecule has 4 saturated carbocycles. The lowest BCUT2D eigenvalue weighted by molar-refractivity contribution is -0.250. The first kappa shape index (κ1) is 84.7. The van der Waals surface area contributed by atoms with Crippen LogP contribution in [0.4, 0.5) is 0 Å². The summed E-state index contributed by atoms with van der Waals surface area (Å²) in [5, 5.41) is 41.8. The molecule has 3 heterocycles. The van der Waals surface area contributed by atoms with E-state index in [1.165, 1.54) is 12.8 Å². The first-order valence-electron chi connectivity index (χ1n) is 36.9. The van der Waals surface area contributed by atoms with Crippen molar-refractivity contribution in [3.05, 3.63) is 47.6 Å². The van der Waals surface area contributed by atoms with Crippen molar-refractivity contribution in [1.29, 1.82) is 0 Å². The van der Waals surface area contributed by atoms with Crippen LogP contribution in [0.3, 0.4) is 0 Å². The van der Waals surface area contributed by atoms with Gasteiger partial charge in [0.15, 0.2) is 28.2 Å². The number of carboxylic acid groups (broad SMARTS) is 2. The maximum Gasteiger partial charge on any atom is 0.309 e. The molecule has 7 rings (SSSR count). The number of aliphatic carboxylic acids is 2. The third kappa shape index (κ3) is 18.9. The zero-order valence-electron chi connectivity index (χ0n) is 66.8. The fraction of sp³-hybridized carbons (Fsp3) is 0.829. The van der Waals surface area contributed by atoms with Gasteiger partial charge in [0.1, 0.15) is 0 Å². The smallest absolute Gasteiger partial charge is 0.309 e. The average molecular weight is 1390 g/mol. The quantitative estimate of drug-likeness (QED) is 0.0514. The molecule has 0 radical (unpaired) electrons. The zero-order valence-corrected chi connectivity index (χ0v) is 68.8. The summed E-state index contributed by atoms with van der Waals surface area (Å²) in [6.45, 7) is 67.7. The van der Waals surface area contributed by atoms with E-state index in [1.807, 2.05) is 74.5 Å². The Morgan fingerprint density at radius 3 is 1.31 bits per heavy atom. The second kappa shape index (κ2) is 30.8. The third-order valence-corrected chi connectivity index (χ3v) is 36.5. The molecule has 554 valence electrons. The van der Waals surface area contributed by atoms with Gasteiger partial charge in [-0.1, -0.05) is 159 Å². The number of rotatable bonds is 20. The maximum atomic E-state index is 12.2. The highest BCUT2D eigenvalue weighted by Gasteiger charge is 2.60. The Balaban J connectivity index is 0.000000339. The Morgan fingerprint density at radius 1 is 0.557 bits per heavy atom. The summed E-state index contributed by atoms with van der Waals surface area (Å²) in [6, 6.07) is 0. The molecule has 0 aromatic heterocycles. The number of fused-ring (bicyclic) bond motifs is 2. The molecule has 97 heavy (non-hydrogen) atoms.